The number of rotatable bonds is 5. The van der Waals surface area contributed by atoms with E-state index in [1.165, 1.54) is 4.90 Å². The molecule has 3 amide bonds. The van der Waals surface area contributed by atoms with E-state index in [9.17, 15) is 14.4 Å². The minimum Gasteiger partial charge on any atom is -0.480 e. The third-order valence-electron chi connectivity index (χ3n) is 3.50. The van der Waals surface area contributed by atoms with Gasteiger partial charge in [0, 0.05) is 53.2 Å². The molecule has 120 valence electrons. The maximum Gasteiger partial charge on any atom is 0.319 e. The van der Waals surface area contributed by atoms with Gasteiger partial charge in [-0.05, 0) is 6.42 Å². The van der Waals surface area contributed by atoms with E-state index in [1.807, 2.05) is 4.90 Å². The fraction of sp³-hybridized carbons (Fsp3) is 0.769. The van der Waals surface area contributed by atoms with Crippen molar-refractivity contribution in [3.63, 3.8) is 0 Å². The van der Waals surface area contributed by atoms with Gasteiger partial charge >= 0.3 is 12.0 Å². The fourth-order valence-corrected chi connectivity index (χ4v) is 2.24. The average Bonchev–Trinajstić information content (AvgIpc) is 2.68. The second-order valence-corrected chi connectivity index (χ2v) is 5.14. The minimum atomic E-state index is -0.850. The van der Waals surface area contributed by atoms with Crippen molar-refractivity contribution in [3.05, 3.63) is 0 Å². The number of carbonyl (C=O) groups excluding carboxylic acids is 2. The molecule has 1 rings (SSSR count). The zero-order valence-electron chi connectivity index (χ0n) is 12.7. The van der Waals surface area contributed by atoms with Crippen LogP contribution in [0.4, 0.5) is 4.79 Å². The zero-order valence-corrected chi connectivity index (χ0v) is 12.7. The average molecular weight is 300 g/mol. The summed E-state index contributed by atoms with van der Waals surface area (Å²) in [5.41, 5.74) is 0. The molecule has 1 saturated heterocycles. The van der Waals surface area contributed by atoms with Crippen molar-refractivity contribution in [3.8, 4) is 0 Å². The van der Waals surface area contributed by atoms with Crippen LogP contribution in [0.15, 0.2) is 0 Å². The second kappa shape index (κ2) is 8.46. The molecular formula is C13H24N4O4. The first kappa shape index (κ1) is 17.2. The maximum absolute atomic E-state index is 12.3. The van der Waals surface area contributed by atoms with Crippen LogP contribution >= 0.6 is 0 Å². The standard InChI is InChI=1S/C13H24N4O4/c1-14-11(18)4-7-15(2)13(21)17-6-3-5-16(8-9-17)10-12(19)20/h3-10H2,1-2H3,(H,14,18)(H,19,20). The van der Waals surface area contributed by atoms with E-state index >= 15 is 0 Å². The molecule has 0 unspecified atom stereocenters. The molecule has 0 atom stereocenters. The van der Waals surface area contributed by atoms with Crippen molar-refractivity contribution in [2.24, 2.45) is 0 Å². The topological polar surface area (TPSA) is 93.2 Å². The van der Waals surface area contributed by atoms with Gasteiger partial charge < -0.3 is 20.2 Å². The summed E-state index contributed by atoms with van der Waals surface area (Å²) >= 11 is 0. The number of carbonyl (C=O) groups is 3. The van der Waals surface area contributed by atoms with Crippen LogP contribution in [0, 0.1) is 0 Å². The van der Waals surface area contributed by atoms with Gasteiger partial charge in [0.15, 0.2) is 0 Å². The van der Waals surface area contributed by atoms with Gasteiger partial charge in [-0.3, -0.25) is 14.5 Å². The lowest BCUT2D eigenvalue weighted by atomic mass is 10.3. The smallest absolute Gasteiger partial charge is 0.319 e. The quantitative estimate of drug-likeness (QED) is 0.698. The summed E-state index contributed by atoms with van der Waals surface area (Å²) in [5, 5.41) is 11.3. The van der Waals surface area contributed by atoms with Crippen LogP contribution in [0.3, 0.4) is 0 Å². The molecule has 1 heterocycles. The molecule has 0 radical (unpaired) electrons. The number of urea groups is 1. The van der Waals surface area contributed by atoms with E-state index in [1.54, 1.807) is 19.0 Å². The second-order valence-electron chi connectivity index (χ2n) is 5.14. The monoisotopic (exact) mass is 300 g/mol. The highest BCUT2D eigenvalue weighted by atomic mass is 16.4. The van der Waals surface area contributed by atoms with E-state index in [0.717, 1.165) is 6.42 Å². The van der Waals surface area contributed by atoms with E-state index in [-0.39, 0.29) is 24.9 Å². The predicted molar refractivity (Wildman–Crippen MR) is 77.0 cm³/mol. The molecule has 0 saturated carbocycles. The van der Waals surface area contributed by atoms with Crippen molar-refractivity contribution < 1.29 is 19.5 Å². The van der Waals surface area contributed by atoms with Crippen LogP contribution in [-0.2, 0) is 9.59 Å². The highest BCUT2D eigenvalue weighted by Crippen LogP contribution is 2.06. The van der Waals surface area contributed by atoms with Crippen LogP contribution in [0.5, 0.6) is 0 Å². The summed E-state index contributed by atoms with van der Waals surface area (Å²) in [6, 6.07) is -0.115. The Kier molecular flexibility index (Phi) is 6.93. The summed E-state index contributed by atoms with van der Waals surface area (Å²) in [4.78, 5) is 39.2. The Morgan fingerprint density at radius 2 is 1.90 bits per heavy atom. The molecule has 0 spiro atoms. The highest BCUT2D eigenvalue weighted by Gasteiger charge is 2.22. The number of hydrogen-bond donors (Lipinski definition) is 2. The van der Waals surface area contributed by atoms with Gasteiger partial charge in [0.1, 0.15) is 0 Å². The first-order valence-electron chi connectivity index (χ1n) is 7.08. The molecule has 1 aliphatic rings. The molecule has 0 bridgehead atoms. The number of aliphatic carboxylic acids is 1. The largest absolute Gasteiger partial charge is 0.480 e. The van der Waals surface area contributed by atoms with Crippen LogP contribution in [0.25, 0.3) is 0 Å². The molecular weight excluding hydrogens is 276 g/mol. The van der Waals surface area contributed by atoms with Crippen LogP contribution < -0.4 is 5.32 Å². The van der Waals surface area contributed by atoms with Crippen molar-refractivity contribution >= 4 is 17.9 Å². The summed E-state index contributed by atoms with van der Waals surface area (Å²) in [7, 11) is 3.24. The molecule has 0 aromatic carbocycles. The highest BCUT2D eigenvalue weighted by molar-refractivity contribution is 5.78. The first-order valence-corrected chi connectivity index (χ1v) is 7.08. The van der Waals surface area contributed by atoms with Crippen molar-refractivity contribution in [1.82, 2.24) is 20.0 Å². The van der Waals surface area contributed by atoms with Crippen LogP contribution in [0.1, 0.15) is 12.8 Å². The van der Waals surface area contributed by atoms with Crippen LogP contribution in [-0.4, -0.2) is 91.1 Å². The lowest BCUT2D eigenvalue weighted by Crippen LogP contribution is -2.44. The van der Waals surface area contributed by atoms with E-state index in [2.05, 4.69) is 5.32 Å². The summed E-state index contributed by atoms with van der Waals surface area (Å²) < 4.78 is 0. The number of nitrogens with zero attached hydrogens (tertiary/aromatic N) is 3. The number of amides is 3. The molecule has 8 nitrogen and oxygen atoms in total. The van der Waals surface area contributed by atoms with E-state index in [0.29, 0.717) is 32.7 Å². The van der Waals surface area contributed by atoms with Gasteiger partial charge in [0.25, 0.3) is 0 Å². The first-order chi connectivity index (χ1) is 9.93. The molecule has 0 aromatic heterocycles. The van der Waals surface area contributed by atoms with Gasteiger partial charge in [-0.2, -0.15) is 0 Å². The number of hydrogen-bond acceptors (Lipinski definition) is 4. The lowest BCUT2D eigenvalue weighted by molar-refractivity contribution is -0.138. The summed E-state index contributed by atoms with van der Waals surface area (Å²) in [5.74, 6) is -0.948. The molecule has 0 aliphatic carbocycles. The number of carboxylic acid groups (broad SMARTS) is 1. The third-order valence-corrected chi connectivity index (χ3v) is 3.50. The molecule has 21 heavy (non-hydrogen) atoms. The molecule has 1 fully saturated rings. The Hall–Kier alpha value is -1.83. The lowest BCUT2D eigenvalue weighted by Gasteiger charge is -2.27. The van der Waals surface area contributed by atoms with E-state index in [4.69, 9.17) is 5.11 Å². The SMILES string of the molecule is CNC(=O)CCN(C)C(=O)N1CCCN(CC(=O)O)CC1. The molecule has 0 aromatic rings. The minimum absolute atomic E-state index is 0.00847. The Labute approximate surface area is 124 Å². The Balaban J connectivity index is 2.43. The predicted octanol–water partition coefficient (Wildman–Crippen LogP) is -0.733. The molecule has 8 heteroatoms. The van der Waals surface area contributed by atoms with Crippen LogP contribution in [0.2, 0.25) is 0 Å². The number of nitrogens with one attached hydrogen (secondary N) is 1. The maximum atomic E-state index is 12.3. The fourth-order valence-electron chi connectivity index (χ4n) is 2.24. The Bertz CT molecular complexity index is 388. The van der Waals surface area contributed by atoms with Gasteiger partial charge in [-0.15, -0.1) is 0 Å². The summed E-state index contributed by atoms with van der Waals surface area (Å²) in [6.07, 6.45) is 1.03. The summed E-state index contributed by atoms with van der Waals surface area (Å²) in [6.45, 7) is 2.73. The van der Waals surface area contributed by atoms with Gasteiger partial charge in [0.2, 0.25) is 5.91 Å². The Morgan fingerprint density at radius 1 is 1.19 bits per heavy atom. The molecule has 1 aliphatic heterocycles. The van der Waals surface area contributed by atoms with Gasteiger partial charge in [0.05, 0.1) is 6.54 Å². The van der Waals surface area contributed by atoms with Gasteiger partial charge in [-0.1, -0.05) is 0 Å². The normalized spacial score (nSPS) is 16.2. The Morgan fingerprint density at radius 3 is 2.52 bits per heavy atom. The molecule has 2 N–H and O–H groups in total. The van der Waals surface area contributed by atoms with Crippen molar-refractivity contribution in [1.29, 1.82) is 0 Å². The van der Waals surface area contributed by atoms with E-state index < -0.39 is 5.97 Å². The van der Waals surface area contributed by atoms with Crippen molar-refractivity contribution in [2.45, 2.75) is 12.8 Å². The number of carboxylic acids is 1. The third kappa shape index (κ3) is 5.99. The zero-order chi connectivity index (χ0) is 15.8. The van der Waals surface area contributed by atoms with Crippen molar-refractivity contribution in [2.75, 3.05) is 53.4 Å². The van der Waals surface area contributed by atoms with Gasteiger partial charge in [-0.25, -0.2) is 4.79 Å².